The van der Waals surface area contributed by atoms with Crippen LogP contribution in [-0.2, 0) is 13.5 Å². The number of aromatic nitrogens is 2. The van der Waals surface area contributed by atoms with Crippen LogP contribution in [0.1, 0.15) is 19.7 Å². The van der Waals surface area contributed by atoms with Gasteiger partial charge in [0.2, 0.25) is 0 Å². The van der Waals surface area contributed by atoms with Crippen molar-refractivity contribution in [3.8, 4) is 0 Å². The molecule has 0 aliphatic carbocycles. The number of benzene rings is 1. The number of likely N-dealkylation sites (N-methyl/N-ethyl adjacent to an activating group) is 1. The van der Waals surface area contributed by atoms with Crippen molar-refractivity contribution in [2.24, 2.45) is 7.05 Å². The van der Waals surface area contributed by atoms with Gasteiger partial charge in [-0.3, -0.25) is 0 Å². The molecule has 0 saturated heterocycles. The van der Waals surface area contributed by atoms with E-state index < -0.39 is 0 Å². The number of nitrogens with one attached hydrogen (secondary N) is 1. The number of fused-ring (bicyclic) bond motifs is 1. The van der Waals surface area contributed by atoms with E-state index in [9.17, 15) is 0 Å². The molecule has 1 N–H and O–H groups in total. The first-order valence-corrected chi connectivity index (χ1v) is 6.34. The first-order chi connectivity index (χ1) is 8.11. The second-order valence-electron chi connectivity index (χ2n) is 4.38. The van der Waals surface area contributed by atoms with Crippen LogP contribution in [0.2, 0.25) is 5.02 Å². The number of rotatable bonds is 4. The van der Waals surface area contributed by atoms with E-state index in [4.69, 9.17) is 11.6 Å². The first kappa shape index (κ1) is 12.4. The van der Waals surface area contributed by atoms with Crippen molar-refractivity contribution < 1.29 is 0 Å². The van der Waals surface area contributed by atoms with Crippen LogP contribution in [0.4, 0.5) is 0 Å². The maximum absolute atomic E-state index is 5.97. The van der Waals surface area contributed by atoms with E-state index in [2.05, 4.69) is 35.8 Å². The van der Waals surface area contributed by atoms with Gasteiger partial charge < -0.3 is 9.88 Å². The van der Waals surface area contributed by atoms with Crippen LogP contribution in [0.15, 0.2) is 18.2 Å². The maximum Gasteiger partial charge on any atom is 0.111 e. The van der Waals surface area contributed by atoms with E-state index >= 15 is 0 Å². The van der Waals surface area contributed by atoms with E-state index in [-0.39, 0.29) is 0 Å². The molecule has 1 aromatic carbocycles. The average molecular weight is 252 g/mol. The Bertz CT molecular complexity index is 519. The normalized spacial score (nSPS) is 13.2. The molecular weight excluding hydrogens is 234 g/mol. The van der Waals surface area contributed by atoms with Crippen LogP contribution in [-0.4, -0.2) is 22.1 Å². The molecule has 4 heteroatoms. The zero-order valence-corrected chi connectivity index (χ0v) is 11.3. The van der Waals surface area contributed by atoms with Gasteiger partial charge >= 0.3 is 0 Å². The summed E-state index contributed by atoms with van der Waals surface area (Å²) in [5.41, 5.74) is 2.10. The van der Waals surface area contributed by atoms with Gasteiger partial charge in [0.15, 0.2) is 0 Å². The number of hydrogen-bond donors (Lipinski definition) is 1. The Kier molecular flexibility index (Phi) is 3.69. The smallest absolute Gasteiger partial charge is 0.111 e. The molecule has 0 bridgehead atoms. The lowest BCUT2D eigenvalue weighted by Gasteiger charge is -2.11. The quantitative estimate of drug-likeness (QED) is 0.906. The molecule has 1 unspecified atom stereocenters. The van der Waals surface area contributed by atoms with Crippen LogP contribution < -0.4 is 5.32 Å². The van der Waals surface area contributed by atoms with Crippen molar-refractivity contribution >= 4 is 22.6 Å². The third-order valence-electron chi connectivity index (χ3n) is 2.98. The molecule has 92 valence electrons. The summed E-state index contributed by atoms with van der Waals surface area (Å²) in [7, 11) is 2.05. The van der Waals surface area contributed by atoms with Gasteiger partial charge in [0.05, 0.1) is 11.0 Å². The molecule has 0 spiro atoms. The van der Waals surface area contributed by atoms with Crippen molar-refractivity contribution in [3.63, 3.8) is 0 Å². The topological polar surface area (TPSA) is 29.9 Å². The third kappa shape index (κ3) is 2.61. The monoisotopic (exact) mass is 251 g/mol. The van der Waals surface area contributed by atoms with E-state index in [0.29, 0.717) is 6.04 Å². The summed E-state index contributed by atoms with van der Waals surface area (Å²) < 4.78 is 2.14. The van der Waals surface area contributed by atoms with Gasteiger partial charge in [-0.25, -0.2) is 4.98 Å². The van der Waals surface area contributed by atoms with Crippen molar-refractivity contribution in [2.75, 3.05) is 6.54 Å². The Morgan fingerprint density at radius 1 is 1.47 bits per heavy atom. The third-order valence-corrected chi connectivity index (χ3v) is 3.21. The number of hydrogen-bond acceptors (Lipinski definition) is 2. The highest BCUT2D eigenvalue weighted by Gasteiger charge is 2.10. The summed E-state index contributed by atoms with van der Waals surface area (Å²) >= 11 is 5.97. The molecule has 3 nitrogen and oxygen atoms in total. The number of imidazole rings is 1. The van der Waals surface area contributed by atoms with Crippen molar-refractivity contribution in [1.82, 2.24) is 14.9 Å². The van der Waals surface area contributed by atoms with Gasteiger partial charge in [-0.05, 0) is 31.7 Å². The van der Waals surface area contributed by atoms with Gasteiger partial charge in [-0.1, -0.05) is 18.5 Å². The predicted octanol–water partition coefficient (Wildman–Crippen LogP) is 2.77. The highest BCUT2D eigenvalue weighted by molar-refractivity contribution is 6.31. The van der Waals surface area contributed by atoms with Crippen LogP contribution in [0.3, 0.4) is 0 Å². The molecule has 0 aliphatic rings. The Morgan fingerprint density at radius 2 is 2.24 bits per heavy atom. The molecular formula is C13H18ClN3. The molecule has 0 fully saturated rings. The molecule has 1 heterocycles. The van der Waals surface area contributed by atoms with Crippen LogP contribution in [0, 0.1) is 0 Å². The summed E-state index contributed by atoms with van der Waals surface area (Å²) in [6.45, 7) is 5.28. The highest BCUT2D eigenvalue weighted by atomic mass is 35.5. The summed E-state index contributed by atoms with van der Waals surface area (Å²) in [5.74, 6) is 1.09. The molecule has 0 aliphatic heterocycles. The molecule has 17 heavy (non-hydrogen) atoms. The van der Waals surface area contributed by atoms with E-state index in [1.165, 1.54) is 0 Å². The van der Waals surface area contributed by atoms with Crippen LogP contribution >= 0.6 is 11.6 Å². The summed E-state index contributed by atoms with van der Waals surface area (Å²) in [4.78, 5) is 4.63. The van der Waals surface area contributed by atoms with E-state index in [0.717, 1.165) is 34.8 Å². The number of halogens is 1. The van der Waals surface area contributed by atoms with E-state index in [1.54, 1.807) is 0 Å². The second-order valence-corrected chi connectivity index (χ2v) is 4.82. The van der Waals surface area contributed by atoms with Gasteiger partial charge in [0.1, 0.15) is 5.82 Å². The molecule has 1 atom stereocenters. The van der Waals surface area contributed by atoms with Crippen LogP contribution in [0.5, 0.6) is 0 Å². The lowest BCUT2D eigenvalue weighted by Crippen LogP contribution is -2.28. The Balaban J connectivity index is 2.32. The summed E-state index contributed by atoms with van der Waals surface area (Å²) in [6, 6.07) is 6.28. The lowest BCUT2D eigenvalue weighted by atomic mass is 10.2. The minimum atomic E-state index is 0.436. The van der Waals surface area contributed by atoms with Crippen molar-refractivity contribution in [1.29, 1.82) is 0 Å². The summed E-state index contributed by atoms with van der Waals surface area (Å²) in [6.07, 6.45) is 0.927. The number of nitrogens with zero attached hydrogens (tertiary/aromatic N) is 2. The van der Waals surface area contributed by atoms with Crippen LogP contribution in [0.25, 0.3) is 11.0 Å². The Morgan fingerprint density at radius 3 is 2.94 bits per heavy atom. The molecule has 2 rings (SSSR count). The second kappa shape index (κ2) is 5.07. The number of aryl methyl sites for hydroxylation is 1. The first-order valence-electron chi connectivity index (χ1n) is 5.96. The molecule has 1 aromatic heterocycles. The minimum Gasteiger partial charge on any atom is -0.331 e. The predicted molar refractivity (Wildman–Crippen MR) is 72.6 cm³/mol. The SMILES string of the molecule is CCNC(C)Cc1nc2cc(Cl)ccc2n1C. The van der Waals surface area contributed by atoms with Gasteiger partial charge in [0, 0.05) is 24.5 Å². The largest absolute Gasteiger partial charge is 0.331 e. The fourth-order valence-corrected chi connectivity index (χ4v) is 2.27. The van der Waals surface area contributed by atoms with Crippen molar-refractivity contribution in [3.05, 3.63) is 29.0 Å². The fourth-order valence-electron chi connectivity index (χ4n) is 2.10. The molecule has 0 saturated carbocycles. The fraction of sp³-hybridized carbons (Fsp3) is 0.462. The average Bonchev–Trinajstić information content (AvgIpc) is 2.55. The lowest BCUT2D eigenvalue weighted by molar-refractivity contribution is 0.545. The summed E-state index contributed by atoms with van der Waals surface area (Å²) in [5, 5.41) is 4.14. The Hall–Kier alpha value is -1.06. The van der Waals surface area contributed by atoms with Gasteiger partial charge in [-0.2, -0.15) is 0 Å². The van der Waals surface area contributed by atoms with Gasteiger partial charge in [0.25, 0.3) is 0 Å². The maximum atomic E-state index is 5.97. The zero-order valence-electron chi connectivity index (χ0n) is 10.5. The van der Waals surface area contributed by atoms with Crippen molar-refractivity contribution in [2.45, 2.75) is 26.3 Å². The minimum absolute atomic E-state index is 0.436. The molecule has 0 radical (unpaired) electrons. The zero-order chi connectivity index (χ0) is 12.4. The van der Waals surface area contributed by atoms with Gasteiger partial charge in [-0.15, -0.1) is 0 Å². The molecule has 0 amide bonds. The Labute approximate surface area is 107 Å². The van der Waals surface area contributed by atoms with E-state index in [1.807, 2.05) is 18.2 Å². The molecule has 2 aromatic rings. The highest BCUT2D eigenvalue weighted by Crippen LogP contribution is 2.20. The standard InChI is InChI=1S/C13H18ClN3/c1-4-15-9(2)7-13-16-11-8-10(14)5-6-12(11)17(13)3/h5-6,8-9,15H,4,7H2,1-3H3.